The predicted molar refractivity (Wildman–Crippen MR) is 73.4 cm³/mol. The largest absolute Gasteiger partial charge is 0.373 e. The summed E-state index contributed by atoms with van der Waals surface area (Å²) in [7, 11) is 0. The fraction of sp³-hybridized carbons (Fsp3) is 0.562. The van der Waals surface area contributed by atoms with Crippen molar-refractivity contribution in [3.8, 4) is 6.07 Å². The molecule has 2 saturated heterocycles. The van der Waals surface area contributed by atoms with E-state index in [1.807, 2.05) is 0 Å². The maximum atomic E-state index is 9.24. The maximum Gasteiger partial charge on any atom is 0.0865 e. The first-order valence-corrected chi connectivity index (χ1v) is 7.12. The van der Waals surface area contributed by atoms with Gasteiger partial charge in [-0.25, -0.2) is 0 Å². The average Bonchev–Trinajstić information content (AvgIpc) is 2.85. The fourth-order valence-electron chi connectivity index (χ4n) is 3.35. The van der Waals surface area contributed by atoms with E-state index in [-0.39, 0.29) is 11.5 Å². The van der Waals surface area contributed by atoms with Gasteiger partial charge < -0.3 is 4.74 Å². The third-order valence-corrected chi connectivity index (χ3v) is 4.54. The van der Waals surface area contributed by atoms with Crippen molar-refractivity contribution in [1.82, 2.24) is 4.90 Å². The molecule has 2 aliphatic heterocycles. The SMILES string of the molecule is N#CC1CCOC12CCN(Cc1ccccc1)CC2. The van der Waals surface area contributed by atoms with Gasteiger partial charge in [-0.2, -0.15) is 5.26 Å². The molecule has 0 aliphatic carbocycles. The van der Waals surface area contributed by atoms with Crippen molar-refractivity contribution in [2.24, 2.45) is 5.92 Å². The number of rotatable bonds is 2. The van der Waals surface area contributed by atoms with Gasteiger partial charge in [-0.05, 0) is 24.8 Å². The van der Waals surface area contributed by atoms with Crippen LogP contribution in [0.1, 0.15) is 24.8 Å². The molecule has 1 aromatic carbocycles. The molecular weight excluding hydrogens is 236 g/mol. The van der Waals surface area contributed by atoms with E-state index < -0.39 is 0 Å². The highest BCUT2D eigenvalue weighted by molar-refractivity contribution is 5.15. The summed E-state index contributed by atoms with van der Waals surface area (Å²) in [5.74, 6) is 0.103. The van der Waals surface area contributed by atoms with Gasteiger partial charge in [-0.15, -0.1) is 0 Å². The Morgan fingerprint density at radius 1 is 1.26 bits per heavy atom. The Hall–Kier alpha value is -1.37. The summed E-state index contributed by atoms with van der Waals surface area (Å²) in [5.41, 5.74) is 1.23. The third kappa shape index (κ3) is 2.51. The number of hydrogen-bond acceptors (Lipinski definition) is 3. The monoisotopic (exact) mass is 256 g/mol. The number of nitrogens with zero attached hydrogens (tertiary/aromatic N) is 2. The van der Waals surface area contributed by atoms with Gasteiger partial charge >= 0.3 is 0 Å². The van der Waals surface area contributed by atoms with Crippen LogP contribution < -0.4 is 0 Å². The highest BCUT2D eigenvalue weighted by Gasteiger charge is 2.46. The summed E-state index contributed by atoms with van der Waals surface area (Å²) in [6.07, 6.45) is 2.91. The Balaban J connectivity index is 1.59. The van der Waals surface area contributed by atoms with Gasteiger partial charge in [0.2, 0.25) is 0 Å². The molecule has 0 amide bonds. The van der Waals surface area contributed by atoms with Crippen molar-refractivity contribution in [2.75, 3.05) is 19.7 Å². The van der Waals surface area contributed by atoms with Crippen molar-refractivity contribution in [1.29, 1.82) is 5.26 Å². The minimum Gasteiger partial charge on any atom is -0.373 e. The van der Waals surface area contributed by atoms with E-state index in [1.165, 1.54) is 5.56 Å². The van der Waals surface area contributed by atoms with Gasteiger partial charge in [0.25, 0.3) is 0 Å². The van der Waals surface area contributed by atoms with E-state index >= 15 is 0 Å². The molecule has 0 radical (unpaired) electrons. The summed E-state index contributed by atoms with van der Waals surface area (Å²) in [4.78, 5) is 2.47. The van der Waals surface area contributed by atoms with E-state index in [1.54, 1.807) is 0 Å². The number of hydrogen-bond donors (Lipinski definition) is 0. The first kappa shape index (κ1) is 12.7. The lowest BCUT2D eigenvalue weighted by Crippen LogP contribution is -2.47. The van der Waals surface area contributed by atoms with Crippen molar-refractivity contribution in [2.45, 2.75) is 31.4 Å². The molecule has 2 heterocycles. The van der Waals surface area contributed by atoms with Gasteiger partial charge in [0, 0.05) is 26.2 Å². The molecule has 3 nitrogen and oxygen atoms in total. The Kier molecular flexibility index (Phi) is 3.54. The molecule has 0 aromatic heterocycles. The lowest BCUT2D eigenvalue weighted by molar-refractivity contribution is -0.0579. The van der Waals surface area contributed by atoms with Crippen LogP contribution in [0.2, 0.25) is 0 Å². The van der Waals surface area contributed by atoms with Gasteiger partial charge in [0.05, 0.1) is 17.6 Å². The molecule has 0 bridgehead atoms. The van der Waals surface area contributed by atoms with Crippen LogP contribution in [0.3, 0.4) is 0 Å². The van der Waals surface area contributed by atoms with Gasteiger partial charge in [-0.3, -0.25) is 4.90 Å². The van der Waals surface area contributed by atoms with Gasteiger partial charge in [-0.1, -0.05) is 30.3 Å². The van der Waals surface area contributed by atoms with Crippen LogP contribution >= 0.6 is 0 Å². The van der Waals surface area contributed by atoms with Crippen molar-refractivity contribution >= 4 is 0 Å². The smallest absolute Gasteiger partial charge is 0.0865 e. The minimum atomic E-state index is -0.137. The highest BCUT2D eigenvalue weighted by Crippen LogP contribution is 2.40. The lowest BCUT2D eigenvalue weighted by atomic mass is 9.80. The normalized spacial score (nSPS) is 26.4. The van der Waals surface area contributed by atoms with Crippen LogP contribution in [0, 0.1) is 17.2 Å². The van der Waals surface area contributed by atoms with Crippen LogP contribution in [0.4, 0.5) is 0 Å². The standard InChI is InChI=1S/C16H20N2O/c17-12-15-6-11-19-16(15)7-9-18(10-8-16)13-14-4-2-1-3-5-14/h1-5,15H,6-11,13H2. The second kappa shape index (κ2) is 5.32. The number of nitriles is 1. The molecule has 1 unspecified atom stereocenters. The Morgan fingerprint density at radius 2 is 2.00 bits per heavy atom. The summed E-state index contributed by atoms with van der Waals surface area (Å²) < 4.78 is 5.93. The summed E-state index contributed by atoms with van der Waals surface area (Å²) in [5, 5.41) is 9.24. The zero-order valence-corrected chi connectivity index (χ0v) is 11.2. The number of piperidine rings is 1. The molecule has 3 heteroatoms. The second-order valence-electron chi connectivity index (χ2n) is 5.65. The maximum absolute atomic E-state index is 9.24. The van der Waals surface area contributed by atoms with Crippen molar-refractivity contribution in [3.05, 3.63) is 35.9 Å². The molecule has 2 fully saturated rings. The Morgan fingerprint density at radius 3 is 2.68 bits per heavy atom. The topological polar surface area (TPSA) is 36.3 Å². The summed E-state index contributed by atoms with van der Waals surface area (Å²) >= 11 is 0. The van der Waals surface area contributed by atoms with E-state index in [9.17, 15) is 5.26 Å². The van der Waals surface area contributed by atoms with Crippen molar-refractivity contribution < 1.29 is 4.74 Å². The molecule has 1 atom stereocenters. The molecular formula is C16H20N2O. The van der Waals surface area contributed by atoms with Gasteiger partial charge in [0.1, 0.15) is 0 Å². The molecule has 100 valence electrons. The number of likely N-dealkylation sites (tertiary alicyclic amines) is 1. The Labute approximate surface area is 114 Å². The lowest BCUT2D eigenvalue weighted by Gasteiger charge is -2.40. The zero-order chi connectivity index (χ0) is 13.1. The molecule has 1 aromatic rings. The highest BCUT2D eigenvalue weighted by atomic mass is 16.5. The Bertz CT molecular complexity index is 457. The van der Waals surface area contributed by atoms with Crippen LogP contribution in [0.25, 0.3) is 0 Å². The molecule has 19 heavy (non-hydrogen) atoms. The second-order valence-corrected chi connectivity index (χ2v) is 5.65. The first-order chi connectivity index (χ1) is 9.32. The van der Waals surface area contributed by atoms with Crippen LogP contribution in [-0.4, -0.2) is 30.2 Å². The number of benzene rings is 1. The van der Waals surface area contributed by atoms with Crippen LogP contribution in [0.15, 0.2) is 30.3 Å². The van der Waals surface area contributed by atoms with E-state index in [2.05, 4.69) is 41.3 Å². The summed E-state index contributed by atoms with van der Waals surface area (Å²) in [6, 6.07) is 13.0. The van der Waals surface area contributed by atoms with Gasteiger partial charge in [0.15, 0.2) is 0 Å². The molecule has 0 saturated carbocycles. The molecule has 3 rings (SSSR count). The average molecular weight is 256 g/mol. The fourth-order valence-corrected chi connectivity index (χ4v) is 3.35. The zero-order valence-electron chi connectivity index (χ0n) is 11.2. The van der Waals surface area contributed by atoms with Crippen molar-refractivity contribution in [3.63, 3.8) is 0 Å². The molecule has 2 aliphatic rings. The van der Waals surface area contributed by atoms with E-state index in [0.717, 1.165) is 45.5 Å². The van der Waals surface area contributed by atoms with Crippen LogP contribution in [-0.2, 0) is 11.3 Å². The summed E-state index contributed by atoms with van der Waals surface area (Å²) in [6.45, 7) is 3.84. The first-order valence-electron chi connectivity index (χ1n) is 7.12. The molecule has 1 spiro atoms. The third-order valence-electron chi connectivity index (χ3n) is 4.54. The minimum absolute atomic E-state index is 0.103. The molecule has 0 N–H and O–H groups in total. The predicted octanol–water partition coefficient (Wildman–Crippen LogP) is 2.58. The number of ether oxygens (including phenoxy) is 1. The van der Waals surface area contributed by atoms with Crippen LogP contribution in [0.5, 0.6) is 0 Å². The quantitative estimate of drug-likeness (QED) is 0.816. The van der Waals surface area contributed by atoms with E-state index in [4.69, 9.17) is 4.74 Å². The van der Waals surface area contributed by atoms with E-state index in [0.29, 0.717) is 0 Å².